The Morgan fingerprint density at radius 1 is 1.40 bits per heavy atom. The van der Waals surface area contributed by atoms with Gasteiger partial charge in [-0.3, -0.25) is 0 Å². The van der Waals surface area contributed by atoms with Crippen molar-refractivity contribution in [1.29, 1.82) is 0 Å². The van der Waals surface area contributed by atoms with Crippen LogP contribution in [0.1, 0.15) is 32.6 Å². The minimum absolute atomic E-state index is 0.221. The molecular weight excluding hydrogens is 144 g/mol. The zero-order valence-electron chi connectivity index (χ0n) is 6.60. The summed E-state index contributed by atoms with van der Waals surface area (Å²) in [6.45, 7) is 2.19. The molecule has 0 aromatic carbocycles. The Hall–Kier alpha value is 0.310. The summed E-state index contributed by atoms with van der Waals surface area (Å²) in [5.74, 6) is 2.39. The van der Waals surface area contributed by atoms with E-state index in [1.54, 1.807) is 0 Å². The Labute approximate surface area is 67.2 Å². The van der Waals surface area contributed by atoms with Gasteiger partial charge in [0.25, 0.3) is 0 Å². The lowest BCUT2D eigenvalue weighted by atomic mass is 10.3. The molecule has 0 radical (unpaired) electrons. The molecule has 2 heteroatoms. The fourth-order valence-electron chi connectivity index (χ4n) is 0.903. The van der Waals surface area contributed by atoms with Crippen LogP contribution < -0.4 is 0 Å². The first-order valence-electron chi connectivity index (χ1n) is 4.07. The third-order valence-electron chi connectivity index (χ3n) is 1.89. The van der Waals surface area contributed by atoms with Crippen molar-refractivity contribution in [2.75, 3.05) is 11.5 Å². The van der Waals surface area contributed by atoms with Gasteiger partial charge in [-0.25, -0.2) is 0 Å². The van der Waals surface area contributed by atoms with E-state index < -0.39 is 0 Å². The molecule has 1 fully saturated rings. The maximum atomic E-state index is 9.41. The highest BCUT2D eigenvalue weighted by Crippen LogP contribution is 2.39. The molecule has 0 aromatic heterocycles. The summed E-state index contributed by atoms with van der Waals surface area (Å²) in [5, 5.41) is 9.41. The molecule has 60 valence electrons. The Balaban J connectivity index is 1.86. The quantitative estimate of drug-likeness (QED) is 0.621. The molecule has 0 aromatic rings. The molecule has 1 saturated carbocycles. The minimum Gasteiger partial charge on any atom is -0.390 e. The fraction of sp³-hybridized carbons (Fsp3) is 1.00. The van der Waals surface area contributed by atoms with Crippen LogP contribution in [0.3, 0.4) is 0 Å². The number of hydrogen-bond acceptors (Lipinski definition) is 2. The van der Waals surface area contributed by atoms with Crippen LogP contribution in [0, 0.1) is 0 Å². The largest absolute Gasteiger partial charge is 0.390 e. The van der Waals surface area contributed by atoms with Gasteiger partial charge in [0.1, 0.15) is 0 Å². The van der Waals surface area contributed by atoms with Crippen molar-refractivity contribution in [2.24, 2.45) is 0 Å². The van der Waals surface area contributed by atoms with Gasteiger partial charge in [-0.2, -0.15) is 11.8 Å². The molecule has 10 heavy (non-hydrogen) atoms. The standard InChI is InChI=1S/C8H16OS/c1-2-6-10-7-5-8(9)3-4-8/h9H,2-7H2,1H3. The summed E-state index contributed by atoms with van der Waals surface area (Å²) in [7, 11) is 0. The van der Waals surface area contributed by atoms with E-state index in [1.807, 2.05) is 11.8 Å². The summed E-state index contributed by atoms with van der Waals surface area (Å²) in [5.41, 5.74) is -0.221. The molecule has 1 aliphatic carbocycles. The second kappa shape index (κ2) is 3.63. The van der Waals surface area contributed by atoms with E-state index >= 15 is 0 Å². The zero-order chi connectivity index (χ0) is 7.45. The van der Waals surface area contributed by atoms with E-state index in [1.165, 1.54) is 12.2 Å². The molecule has 1 nitrogen and oxygen atoms in total. The SMILES string of the molecule is CCCSCCC1(O)CC1. The normalized spacial score (nSPS) is 21.0. The second-order valence-electron chi connectivity index (χ2n) is 3.09. The average Bonchev–Trinajstić information content (AvgIpc) is 2.62. The van der Waals surface area contributed by atoms with Crippen LogP contribution in [0.4, 0.5) is 0 Å². The number of hydrogen-bond donors (Lipinski definition) is 1. The van der Waals surface area contributed by atoms with Crippen molar-refractivity contribution in [2.45, 2.75) is 38.2 Å². The van der Waals surface area contributed by atoms with E-state index in [9.17, 15) is 5.11 Å². The molecule has 0 heterocycles. The minimum atomic E-state index is -0.221. The Kier molecular flexibility index (Phi) is 3.05. The van der Waals surface area contributed by atoms with E-state index in [2.05, 4.69) is 6.92 Å². The topological polar surface area (TPSA) is 20.2 Å². The third kappa shape index (κ3) is 2.93. The van der Waals surface area contributed by atoms with Gasteiger partial charge in [-0.05, 0) is 37.2 Å². The predicted molar refractivity (Wildman–Crippen MR) is 46.4 cm³/mol. The lowest BCUT2D eigenvalue weighted by molar-refractivity contribution is 0.147. The molecule has 1 N–H and O–H groups in total. The van der Waals surface area contributed by atoms with Gasteiger partial charge in [-0.15, -0.1) is 0 Å². The van der Waals surface area contributed by atoms with Gasteiger partial charge < -0.3 is 5.11 Å². The van der Waals surface area contributed by atoms with Crippen LogP contribution in [0.25, 0.3) is 0 Å². The molecule has 1 rings (SSSR count). The maximum absolute atomic E-state index is 9.41. The Morgan fingerprint density at radius 3 is 2.60 bits per heavy atom. The molecule has 0 unspecified atom stereocenters. The van der Waals surface area contributed by atoms with E-state index in [4.69, 9.17) is 0 Å². The van der Waals surface area contributed by atoms with Gasteiger partial charge >= 0.3 is 0 Å². The van der Waals surface area contributed by atoms with Crippen LogP contribution in [-0.2, 0) is 0 Å². The van der Waals surface area contributed by atoms with Crippen molar-refractivity contribution in [3.63, 3.8) is 0 Å². The van der Waals surface area contributed by atoms with Crippen molar-refractivity contribution >= 4 is 11.8 Å². The lowest BCUT2D eigenvalue weighted by Crippen LogP contribution is -2.07. The fourth-order valence-corrected chi connectivity index (χ4v) is 1.92. The monoisotopic (exact) mass is 160 g/mol. The number of aliphatic hydroxyl groups is 1. The predicted octanol–water partition coefficient (Wildman–Crippen LogP) is 2.04. The van der Waals surface area contributed by atoms with Crippen molar-refractivity contribution in [3.8, 4) is 0 Å². The van der Waals surface area contributed by atoms with Crippen LogP contribution in [0.15, 0.2) is 0 Å². The zero-order valence-corrected chi connectivity index (χ0v) is 7.41. The van der Waals surface area contributed by atoms with Crippen LogP contribution in [-0.4, -0.2) is 22.2 Å². The van der Waals surface area contributed by atoms with Crippen molar-refractivity contribution in [3.05, 3.63) is 0 Å². The van der Waals surface area contributed by atoms with Gasteiger partial charge in [0.2, 0.25) is 0 Å². The first-order valence-corrected chi connectivity index (χ1v) is 5.22. The maximum Gasteiger partial charge on any atom is 0.0657 e. The second-order valence-corrected chi connectivity index (χ2v) is 4.31. The van der Waals surface area contributed by atoms with E-state index in [-0.39, 0.29) is 5.60 Å². The number of rotatable bonds is 5. The third-order valence-corrected chi connectivity index (χ3v) is 3.08. The van der Waals surface area contributed by atoms with E-state index in [0.717, 1.165) is 25.0 Å². The van der Waals surface area contributed by atoms with Gasteiger partial charge in [-0.1, -0.05) is 6.92 Å². The highest BCUT2D eigenvalue weighted by Gasteiger charge is 2.39. The molecule has 0 aliphatic heterocycles. The first-order chi connectivity index (χ1) is 4.77. The lowest BCUT2D eigenvalue weighted by Gasteiger charge is -2.05. The summed E-state index contributed by atoms with van der Waals surface area (Å²) in [6.07, 6.45) is 4.35. The highest BCUT2D eigenvalue weighted by atomic mass is 32.2. The van der Waals surface area contributed by atoms with Gasteiger partial charge in [0.15, 0.2) is 0 Å². The number of thioether (sulfide) groups is 1. The first kappa shape index (κ1) is 8.41. The smallest absolute Gasteiger partial charge is 0.0657 e. The molecular formula is C8H16OS. The van der Waals surface area contributed by atoms with Crippen LogP contribution in [0.2, 0.25) is 0 Å². The molecule has 0 spiro atoms. The molecule has 0 amide bonds. The van der Waals surface area contributed by atoms with Crippen molar-refractivity contribution < 1.29 is 5.11 Å². The highest BCUT2D eigenvalue weighted by molar-refractivity contribution is 7.99. The van der Waals surface area contributed by atoms with Crippen LogP contribution in [0.5, 0.6) is 0 Å². The molecule has 0 bridgehead atoms. The van der Waals surface area contributed by atoms with Gasteiger partial charge in [0, 0.05) is 0 Å². The molecule has 1 aliphatic rings. The summed E-state index contributed by atoms with van der Waals surface area (Å²) >= 11 is 1.96. The van der Waals surface area contributed by atoms with Crippen molar-refractivity contribution in [1.82, 2.24) is 0 Å². The van der Waals surface area contributed by atoms with Crippen LogP contribution >= 0.6 is 11.8 Å². The summed E-state index contributed by atoms with van der Waals surface area (Å²) < 4.78 is 0. The average molecular weight is 160 g/mol. The summed E-state index contributed by atoms with van der Waals surface area (Å²) in [6, 6.07) is 0. The van der Waals surface area contributed by atoms with E-state index in [0.29, 0.717) is 0 Å². The Morgan fingerprint density at radius 2 is 2.10 bits per heavy atom. The van der Waals surface area contributed by atoms with Gasteiger partial charge in [0.05, 0.1) is 5.60 Å². The molecule has 0 saturated heterocycles. The molecule has 0 atom stereocenters. The Bertz CT molecular complexity index is 99.4. The summed E-state index contributed by atoms with van der Waals surface area (Å²) in [4.78, 5) is 0.